The summed E-state index contributed by atoms with van der Waals surface area (Å²) in [4.78, 5) is 2.52. The number of hydrogen-bond acceptors (Lipinski definition) is 2. The van der Waals surface area contributed by atoms with Crippen LogP contribution < -0.4 is 4.74 Å². The maximum absolute atomic E-state index is 5.52. The molecule has 100 valence electrons. The maximum atomic E-state index is 5.52. The SMILES string of the molecule is C=CCOc1ccc(C2=CC3CCC(C2)N3C)cc1. The smallest absolute Gasteiger partial charge is 0.119 e. The Hall–Kier alpha value is -1.54. The van der Waals surface area contributed by atoms with Crippen molar-refractivity contribution in [1.29, 1.82) is 0 Å². The molecule has 2 atom stereocenters. The summed E-state index contributed by atoms with van der Waals surface area (Å²) in [5.74, 6) is 0.917. The molecule has 2 heterocycles. The van der Waals surface area contributed by atoms with Crippen molar-refractivity contribution in [3.05, 3.63) is 48.6 Å². The fourth-order valence-electron chi connectivity index (χ4n) is 3.18. The van der Waals surface area contributed by atoms with E-state index in [1.165, 1.54) is 30.4 Å². The molecule has 0 aliphatic carbocycles. The molecule has 1 aromatic rings. The van der Waals surface area contributed by atoms with Gasteiger partial charge in [-0.15, -0.1) is 0 Å². The first-order valence-electron chi connectivity index (χ1n) is 7.04. The van der Waals surface area contributed by atoms with Gasteiger partial charge in [-0.25, -0.2) is 0 Å². The molecule has 2 bridgehead atoms. The molecule has 1 aromatic carbocycles. The second kappa shape index (κ2) is 5.22. The second-order valence-corrected chi connectivity index (χ2v) is 5.48. The zero-order valence-electron chi connectivity index (χ0n) is 11.5. The van der Waals surface area contributed by atoms with Crippen molar-refractivity contribution in [1.82, 2.24) is 4.90 Å². The third-order valence-corrected chi connectivity index (χ3v) is 4.34. The van der Waals surface area contributed by atoms with E-state index in [-0.39, 0.29) is 0 Å². The lowest BCUT2D eigenvalue weighted by molar-refractivity contribution is 0.264. The van der Waals surface area contributed by atoms with E-state index in [9.17, 15) is 0 Å². The average Bonchev–Trinajstić information content (AvgIpc) is 2.68. The van der Waals surface area contributed by atoms with Gasteiger partial charge < -0.3 is 4.74 Å². The fourth-order valence-corrected chi connectivity index (χ4v) is 3.18. The van der Waals surface area contributed by atoms with Gasteiger partial charge in [0.2, 0.25) is 0 Å². The van der Waals surface area contributed by atoms with E-state index >= 15 is 0 Å². The fraction of sp³-hybridized carbons (Fsp3) is 0.412. The highest BCUT2D eigenvalue weighted by Gasteiger charge is 2.33. The highest BCUT2D eigenvalue weighted by Crippen LogP contribution is 2.37. The normalized spacial score (nSPS) is 26.1. The number of fused-ring (bicyclic) bond motifs is 2. The van der Waals surface area contributed by atoms with Crippen LogP contribution in [0.3, 0.4) is 0 Å². The monoisotopic (exact) mass is 255 g/mol. The molecule has 2 unspecified atom stereocenters. The molecule has 1 fully saturated rings. The quantitative estimate of drug-likeness (QED) is 0.763. The van der Waals surface area contributed by atoms with Gasteiger partial charge in [-0.1, -0.05) is 30.9 Å². The van der Waals surface area contributed by atoms with E-state index < -0.39 is 0 Å². The predicted octanol–water partition coefficient (Wildman–Crippen LogP) is 3.50. The van der Waals surface area contributed by atoms with Gasteiger partial charge in [0.25, 0.3) is 0 Å². The predicted molar refractivity (Wildman–Crippen MR) is 79.3 cm³/mol. The van der Waals surface area contributed by atoms with Gasteiger partial charge in [-0.3, -0.25) is 4.90 Å². The van der Waals surface area contributed by atoms with Crippen LogP contribution in [-0.2, 0) is 0 Å². The van der Waals surface area contributed by atoms with Crippen LogP contribution in [0.4, 0.5) is 0 Å². The highest BCUT2D eigenvalue weighted by molar-refractivity contribution is 5.68. The molecule has 2 nitrogen and oxygen atoms in total. The van der Waals surface area contributed by atoms with Crippen molar-refractivity contribution in [2.45, 2.75) is 31.3 Å². The van der Waals surface area contributed by atoms with Crippen LogP contribution in [0.25, 0.3) is 5.57 Å². The van der Waals surface area contributed by atoms with E-state index in [0.29, 0.717) is 12.6 Å². The van der Waals surface area contributed by atoms with Crippen molar-refractivity contribution in [3.63, 3.8) is 0 Å². The summed E-state index contributed by atoms with van der Waals surface area (Å²) in [6.07, 6.45) is 8.04. The average molecular weight is 255 g/mol. The number of benzene rings is 1. The van der Waals surface area contributed by atoms with Gasteiger partial charge in [-0.05, 0) is 49.6 Å². The molecule has 19 heavy (non-hydrogen) atoms. The number of likely N-dealkylation sites (N-methyl/N-ethyl adjacent to an activating group) is 1. The summed E-state index contributed by atoms with van der Waals surface area (Å²) in [5, 5.41) is 0. The second-order valence-electron chi connectivity index (χ2n) is 5.48. The zero-order valence-corrected chi connectivity index (χ0v) is 11.5. The molecule has 3 rings (SSSR count). The topological polar surface area (TPSA) is 12.5 Å². The van der Waals surface area contributed by atoms with Crippen LogP contribution in [0.1, 0.15) is 24.8 Å². The van der Waals surface area contributed by atoms with E-state index in [4.69, 9.17) is 4.74 Å². The van der Waals surface area contributed by atoms with Crippen LogP contribution in [0, 0.1) is 0 Å². The van der Waals surface area contributed by atoms with Crippen LogP contribution in [0.2, 0.25) is 0 Å². The van der Waals surface area contributed by atoms with Gasteiger partial charge in [0, 0.05) is 12.1 Å². The zero-order chi connectivity index (χ0) is 13.2. The largest absolute Gasteiger partial charge is 0.490 e. The Balaban J connectivity index is 1.76. The Kier molecular flexibility index (Phi) is 3.43. The van der Waals surface area contributed by atoms with Crippen molar-refractivity contribution in [2.24, 2.45) is 0 Å². The van der Waals surface area contributed by atoms with Crippen molar-refractivity contribution in [3.8, 4) is 5.75 Å². The lowest BCUT2D eigenvalue weighted by atomic mass is 9.95. The third kappa shape index (κ3) is 2.45. The van der Waals surface area contributed by atoms with Crippen molar-refractivity contribution in [2.75, 3.05) is 13.7 Å². The van der Waals surface area contributed by atoms with Gasteiger partial charge >= 0.3 is 0 Å². The van der Waals surface area contributed by atoms with E-state index in [0.717, 1.165) is 11.8 Å². The number of hydrogen-bond donors (Lipinski definition) is 0. The number of ether oxygens (including phenoxy) is 1. The molecule has 0 amide bonds. The third-order valence-electron chi connectivity index (χ3n) is 4.34. The molecule has 0 radical (unpaired) electrons. The first-order valence-corrected chi connectivity index (χ1v) is 7.04. The summed E-state index contributed by atoms with van der Waals surface area (Å²) in [7, 11) is 2.25. The molecule has 2 heteroatoms. The summed E-state index contributed by atoms with van der Waals surface area (Å²) in [6, 6.07) is 9.84. The Morgan fingerprint density at radius 1 is 1.32 bits per heavy atom. The summed E-state index contributed by atoms with van der Waals surface area (Å²) < 4.78 is 5.52. The van der Waals surface area contributed by atoms with Crippen molar-refractivity contribution >= 4 is 5.57 Å². The molecule has 0 aromatic heterocycles. The van der Waals surface area contributed by atoms with Crippen molar-refractivity contribution < 1.29 is 4.74 Å². The summed E-state index contributed by atoms with van der Waals surface area (Å²) in [5.41, 5.74) is 2.84. The standard InChI is InChI=1S/C17H21NO/c1-3-10-19-17-8-4-13(5-9-17)14-11-15-6-7-16(12-14)18(15)2/h3-5,8-9,11,15-16H,1,6-7,10,12H2,2H3. The van der Waals surface area contributed by atoms with Gasteiger partial charge in [0.1, 0.15) is 12.4 Å². The molecule has 0 spiro atoms. The lowest BCUT2D eigenvalue weighted by Gasteiger charge is -2.30. The van der Waals surface area contributed by atoms with Crippen LogP contribution in [0.15, 0.2) is 43.0 Å². The molecule has 0 saturated carbocycles. The minimum atomic E-state index is 0.566. The van der Waals surface area contributed by atoms with Crippen LogP contribution in [-0.4, -0.2) is 30.6 Å². The molecule has 2 aliphatic heterocycles. The minimum absolute atomic E-state index is 0.566. The summed E-state index contributed by atoms with van der Waals surface area (Å²) in [6.45, 7) is 4.23. The Morgan fingerprint density at radius 2 is 2.11 bits per heavy atom. The Morgan fingerprint density at radius 3 is 2.79 bits per heavy atom. The molecule has 0 N–H and O–H groups in total. The van der Waals surface area contributed by atoms with Gasteiger partial charge in [-0.2, -0.15) is 0 Å². The Bertz CT molecular complexity index is 488. The van der Waals surface area contributed by atoms with Gasteiger partial charge in [0.05, 0.1) is 0 Å². The van der Waals surface area contributed by atoms with E-state index in [1.807, 2.05) is 0 Å². The van der Waals surface area contributed by atoms with E-state index in [1.54, 1.807) is 6.08 Å². The molecular formula is C17H21NO. The number of nitrogens with zero attached hydrogens (tertiary/aromatic N) is 1. The van der Waals surface area contributed by atoms with Gasteiger partial charge in [0.15, 0.2) is 0 Å². The first kappa shape index (κ1) is 12.5. The Labute approximate surface area is 115 Å². The number of rotatable bonds is 4. The maximum Gasteiger partial charge on any atom is 0.119 e. The molecule has 1 saturated heterocycles. The van der Waals surface area contributed by atoms with Crippen LogP contribution in [0.5, 0.6) is 5.75 Å². The molecular weight excluding hydrogens is 234 g/mol. The van der Waals surface area contributed by atoms with Crippen LogP contribution >= 0.6 is 0 Å². The molecule has 2 aliphatic rings. The lowest BCUT2D eigenvalue weighted by Crippen LogP contribution is -2.34. The highest BCUT2D eigenvalue weighted by atomic mass is 16.5. The van der Waals surface area contributed by atoms with E-state index in [2.05, 4.69) is 48.9 Å². The minimum Gasteiger partial charge on any atom is -0.490 e. The first-order chi connectivity index (χ1) is 9.28. The summed E-state index contributed by atoms with van der Waals surface area (Å²) >= 11 is 0.